The third-order valence-electron chi connectivity index (χ3n) is 2.44. The fraction of sp³-hybridized carbons (Fsp3) is 0.385. The fourth-order valence-corrected chi connectivity index (χ4v) is 4.30. The van der Waals surface area contributed by atoms with Gasteiger partial charge in [0.1, 0.15) is 4.75 Å². The Hall–Kier alpha value is -0.590. The van der Waals surface area contributed by atoms with Gasteiger partial charge in [0.25, 0.3) is 0 Å². The van der Waals surface area contributed by atoms with E-state index < -0.39 is 4.75 Å². The van der Waals surface area contributed by atoms with Crippen LogP contribution >= 0.6 is 39.0 Å². The van der Waals surface area contributed by atoms with Gasteiger partial charge in [0, 0.05) is 4.47 Å². The Morgan fingerprint density at radius 2 is 2.26 bits per heavy atom. The van der Waals surface area contributed by atoms with Crippen molar-refractivity contribution >= 4 is 55.2 Å². The quantitative estimate of drug-likeness (QED) is 0.595. The van der Waals surface area contributed by atoms with Crippen molar-refractivity contribution in [1.82, 2.24) is 4.98 Å². The predicted molar refractivity (Wildman–Crippen MR) is 83.9 cm³/mol. The Kier molecular flexibility index (Phi) is 4.53. The SMILES string of the molecule is CCOC(=O)C(C)(C)Sc1nc2cc(Br)ccc2s1. The van der Waals surface area contributed by atoms with Gasteiger partial charge in [-0.1, -0.05) is 27.7 Å². The zero-order valence-electron chi connectivity index (χ0n) is 10.9. The Morgan fingerprint density at radius 3 is 2.95 bits per heavy atom. The normalized spacial score (nSPS) is 11.8. The number of aromatic nitrogens is 1. The minimum absolute atomic E-state index is 0.208. The number of benzene rings is 1. The number of hydrogen-bond donors (Lipinski definition) is 0. The smallest absolute Gasteiger partial charge is 0.322 e. The average Bonchev–Trinajstić information content (AvgIpc) is 2.69. The molecule has 1 aromatic carbocycles. The Morgan fingerprint density at radius 1 is 1.53 bits per heavy atom. The molecule has 0 spiro atoms. The van der Waals surface area contributed by atoms with Gasteiger partial charge in [-0.15, -0.1) is 11.3 Å². The molecule has 0 saturated carbocycles. The van der Waals surface area contributed by atoms with Crippen molar-refractivity contribution in [3.05, 3.63) is 22.7 Å². The van der Waals surface area contributed by atoms with Gasteiger partial charge in [0.15, 0.2) is 4.34 Å². The molecule has 2 aromatic rings. The molecule has 19 heavy (non-hydrogen) atoms. The molecule has 6 heteroatoms. The van der Waals surface area contributed by atoms with Crippen LogP contribution in [-0.2, 0) is 9.53 Å². The number of carbonyl (C=O) groups is 1. The summed E-state index contributed by atoms with van der Waals surface area (Å²) in [5.74, 6) is -0.208. The molecule has 0 aliphatic carbocycles. The highest BCUT2D eigenvalue weighted by Crippen LogP contribution is 2.38. The first kappa shape index (κ1) is 14.8. The molecule has 3 nitrogen and oxygen atoms in total. The number of esters is 1. The first-order chi connectivity index (χ1) is 8.92. The third-order valence-corrected chi connectivity index (χ3v) is 5.21. The maximum absolute atomic E-state index is 11.9. The van der Waals surface area contributed by atoms with E-state index in [4.69, 9.17) is 4.74 Å². The number of nitrogens with zero attached hydrogens (tertiary/aromatic N) is 1. The van der Waals surface area contributed by atoms with Crippen LogP contribution in [0.1, 0.15) is 20.8 Å². The number of hydrogen-bond acceptors (Lipinski definition) is 5. The van der Waals surface area contributed by atoms with Crippen LogP contribution in [0, 0.1) is 0 Å². The second kappa shape index (κ2) is 5.81. The summed E-state index contributed by atoms with van der Waals surface area (Å²) in [6.07, 6.45) is 0. The van der Waals surface area contributed by atoms with Gasteiger partial charge in [-0.2, -0.15) is 0 Å². The number of fused-ring (bicyclic) bond motifs is 1. The largest absolute Gasteiger partial charge is 0.465 e. The minimum Gasteiger partial charge on any atom is -0.465 e. The first-order valence-corrected chi connectivity index (χ1v) is 8.27. The molecule has 2 rings (SSSR count). The molecule has 0 atom stereocenters. The van der Waals surface area contributed by atoms with Crippen molar-refractivity contribution in [2.24, 2.45) is 0 Å². The Labute approximate surface area is 128 Å². The van der Waals surface area contributed by atoms with Crippen LogP contribution in [0.3, 0.4) is 0 Å². The zero-order valence-corrected chi connectivity index (χ0v) is 14.1. The van der Waals surface area contributed by atoms with Crippen molar-refractivity contribution in [3.63, 3.8) is 0 Å². The van der Waals surface area contributed by atoms with Gasteiger partial charge < -0.3 is 4.74 Å². The number of thioether (sulfide) groups is 1. The van der Waals surface area contributed by atoms with E-state index in [1.54, 1.807) is 11.3 Å². The average molecular weight is 360 g/mol. The molecule has 1 heterocycles. The zero-order chi connectivity index (χ0) is 14.0. The van der Waals surface area contributed by atoms with E-state index >= 15 is 0 Å². The summed E-state index contributed by atoms with van der Waals surface area (Å²) in [5, 5.41) is 0. The Bertz CT molecular complexity index is 610. The highest BCUT2D eigenvalue weighted by Gasteiger charge is 2.31. The highest BCUT2D eigenvalue weighted by atomic mass is 79.9. The van der Waals surface area contributed by atoms with E-state index in [1.807, 2.05) is 39.0 Å². The van der Waals surface area contributed by atoms with Crippen LogP contribution in [0.4, 0.5) is 0 Å². The molecule has 0 N–H and O–H groups in total. The lowest BCUT2D eigenvalue weighted by molar-refractivity contribution is -0.145. The number of ether oxygens (including phenoxy) is 1. The van der Waals surface area contributed by atoms with E-state index in [2.05, 4.69) is 20.9 Å². The third kappa shape index (κ3) is 3.49. The van der Waals surface area contributed by atoms with Gasteiger partial charge >= 0.3 is 5.97 Å². The van der Waals surface area contributed by atoms with E-state index in [9.17, 15) is 4.79 Å². The van der Waals surface area contributed by atoms with Crippen LogP contribution in [0.5, 0.6) is 0 Å². The lowest BCUT2D eigenvalue weighted by Gasteiger charge is -2.19. The molecule has 102 valence electrons. The van der Waals surface area contributed by atoms with Crippen LogP contribution in [0.15, 0.2) is 27.0 Å². The molecular formula is C13H14BrNO2S2. The van der Waals surface area contributed by atoms with Crippen molar-refractivity contribution in [2.75, 3.05) is 6.61 Å². The van der Waals surface area contributed by atoms with Crippen LogP contribution in [0.2, 0.25) is 0 Å². The number of halogens is 1. The monoisotopic (exact) mass is 359 g/mol. The van der Waals surface area contributed by atoms with Crippen molar-refractivity contribution in [3.8, 4) is 0 Å². The topological polar surface area (TPSA) is 39.2 Å². The molecule has 0 amide bonds. The van der Waals surface area contributed by atoms with E-state index in [0.29, 0.717) is 6.61 Å². The maximum Gasteiger partial charge on any atom is 0.322 e. The fourth-order valence-electron chi connectivity index (χ4n) is 1.49. The van der Waals surface area contributed by atoms with Crippen LogP contribution in [0.25, 0.3) is 10.2 Å². The second-order valence-electron chi connectivity index (χ2n) is 4.42. The summed E-state index contributed by atoms with van der Waals surface area (Å²) >= 11 is 6.47. The lowest BCUT2D eigenvalue weighted by Crippen LogP contribution is -2.29. The first-order valence-electron chi connectivity index (χ1n) is 5.84. The molecular weight excluding hydrogens is 346 g/mol. The van der Waals surface area contributed by atoms with Crippen LogP contribution in [-0.4, -0.2) is 22.3 Å². The van der Waals surface area contributed by atoms with Crippen molar-refractivity contribution in [1.29, 1.82) is 0 Å². The van der Waals surface area contributed by atoms with Gasteiger partial charge in [0.05, 0.1) is 16.8 Å². The molecule has 0 fully saturated rings. The van der Waals surface area contributed by atoms with E-state index in [-0.39, 0.29) is 5.97 Å². The summed E-state index contributed by atoms with van der Waals surface area (Å²) in [6, 6.07) is 6.00. The summed E-state index contributed by atoms with van der Waals surface area (Å²) in [7, 11) is 0. The lowest BCUT2D eigenvalue weighted by atomic mass is 10.2. The highest BCUT2D eigenvalue weighted by molar-refractivity contribution is 9.10. The molecule has 0 radical (unpaired) electrons. The second-order valence-corrected chi connectivity index (χ2v) is 8.24. The predicted octanol–water partition coefficient (Wildman–Crippen LogP) is 4.49. The molecule has 0 bridgehead atoms. The molecule has 0 aliphatic rings. The van der Waals surface area contributed by atoms with Crippen molar-refractivity contribution in [2.45, 2.75) is 29.9 Å². The summed E-state index contributed by atoms with van der Waals surface area (Å²) in [5.41, 5.74) is 0.946. The summed E-state index contributed by atoms with van der Waals surface area (Å²) in [6.45, 7) is 5.93. The van der Waals surface area contributed by atoms with E-state index in [1.165, 1.54) is 11.8 Å². The number of thiazole rings is 1. The van der Waals surface area contributed by atoms with Crippen molar-refractivity contribution < 1.29 is 9.53 Å². The van der Waals surface area contributed by atoms with Gasteiger partial charge in [-0.3, -0.25) is 4.79 Å². The summed E-state index contributed by atoms with van der Waals surface area (Å²) < 4.78 is 7.46. The molecule has 0 saturated heterocycles. The summed E-state index contributed by atoms with van der Waals surface area (Å²) in [4.78, 5) is 16.4. The van der Waals surface area contributed by atoms with E-state index in [0.717, 1.165) is 19.0 Å². The molecule has 0 unspecified atom stereocenters. The molecule has 1 aromatic heterocycles. The number of rotatable bonds is 4. The molecule has 0 aliphatic heterocycles. The Balaban J connectivity index is 2.23. The maximum atomic E-state index is 11.9. The van der Waals surface area contributed by atoms with Gasteiger partial charge in [0.2, 0.25) is 0 Å². The van der Waals surface area contributed by atoms with Crippen LogP contribution < -0.4 is 0 Å². The minimum atomic E-state index is -0.624. The van der Waals surface area contributed by atoms with Gasteiger partial charge in [-0.25, -0.2) is 4.98 Å². The number of carbonyl (C=O) groups excluding carboxylic acids is 1. The standard InChI is InChI=1S/C13H14BrNO2S2/c1-4-17-11(16)13(2,3)19-12-15-9-7-8(14)5-6-10(9)18-12/h5-7H,4H2,1-3H3. The van der Waals surface area contributed by atoms with Gasteiger partial charge in [-0.05, 0) is 39.0 Å².